The predicted molar refractivity (Wildman–Crippen MR) is 205 cm³/mol. The quantitative estimate of drug-likeness (QED) is 0.144. The molecule has 4 aromatic rings. The second kappa shape index (κ2) is 13.0. The summed E-state index contributed by atoms with van der Waals surface area (Å²) >= 11 is 0. The van der Waals surface area contributed by atoms with Gasteiger partial charge in [0, 0.05) is 40.0 Å². The summed E-state index contributed by atoms with van der Waals surface area (Å²) in [6.07, 6.45) is 33.5. The molecule has 2 nitrogen and oxygen atoms in total. The van der Waals surface area contributed by atoms with Gasteiger partial charge in [-0.1, -0.05) is 122 Å². The van der Waals surface area contributed by atoms with Gasteiger partial charge in [0.15, 0.2) is 0 Å². The molecule has 0 saturated heterocycles. The van der Waals surface area contributed by atoms with Crippen LogP contribution >= 0.6 is 0 Å². The number of rotatable bonds is 8. The van der Waals surface area contributed by atoms with E-state index in [-0.39, 0.29) is 6.04 Å². The molecule has 0 fully saturated rings. The number of allylic oxidation sites excluding steroid dienone is 13. The number of nitrogens with zero attached hydrogens (tertiary/aromatic N) is 2. The molecule has 48 heavy (non-hydrogen) atoms. The average molecular weight is 617 g/mol. The molecule has 2 aliphatic heterocycles. The van der Waals surface area contributed by atoms with Gasteiger partial charge in [0.25, 0.3) is 0 Å². The Morgan fingerprint density at radius 1 is 0.750 bits per heavy atom. The van der Waals surface area contributed by atoms with Gasteiger partial charge in [0.2, 0.25) is 0 Å². The van der Waals surface area contributed by atoms with Crippen LogP contribution in [-0.2, 0) is 12.8 Å². The number of para-hydroxylation sites is 2. The summed E-state index contributed by atoms with van der Waals surface area (Å²) in [5.41, 5.74) is 18.3. The highest BCUT2D eigenvalue weighted by Crippen LogP contribution is 2.49. The van der Waals surface area contributed by atoms with E-state index in [0.29, 0.717) is 0 Å². The summed E-state index contributed by atoms with van der Waals surface area (Å²) in [6, 6.07) is 31.5. The zero-order valence-electron chi connectivity index (χ0n) is 26.8. The van der Waals surface area contributed by atoms with Crippen LogP contribution in [0.15, 0.2) is 189 Å². The minimum atomic E-state index is 0.196. The van der Waals surface area contributed by atoms with Gasteiger partial charge in [0.1, 0.15) is 0 Å². The molecular formula is C46H36N2. The highest BCUT2D eigenvalue weighted by atomic mass is 15.2. The summed E-state index contributed by atoms with van der Waals surface area (Å²) in [7, 11) is 0. The lowest BCUT2D eigenvalue weighted by atomic mass is 9.95. The van der Waals surface area contributed by atoms with Crippen LogP contribution in [0.2, 0.25) is 0 Å². The molecule has 0 saturated carbocycles. The summed E-state index contributed by atoms with van der Waals surface area (Å²) in [5.74, 6) is 0. The molecule has 0 spiro atoms. The van der Waals surface area contributed by atoms with Gasteiger partial charge in [-0.3, -0.25) is 0 Å². The monoisotopic (exact) mass is 616 g/mol. The third kappa shape index (κ3) is 5.39. The molecule has 4 aliphatic rings. The number of hydrogen-bond acceptors (Lipinski definition) is 2. The molecule has 0 aromatic heterocycles. The largest absolute Gasteiger partial charge is 0.330 e. The minimum absolute atomic E-state index is 0.196. The lowest BCUT2D eigenvalue weighted by Crippen LogP contribution is -2.24. The summed E-state index contributed by atoms with van der Waals surface area (Å²) < 4.78 is 0. The summed E-state index contributed by atoms with van der Waals surface area (Å²) in [4.78, 5) is 4.83. The molecule has 4 aromatic carbocycles. The zero-order valence-corrected chi connectivity index (χ0v) is 26.8. The fourth-order valence-corrected chi connectivity index (χ4v) is 7.13. The molecule has 2 heterocycles. The van der Waals surface area contributed by atoms with Crippen LogP contribution in [0.1, 0.15) is 22.3 Å². The van der Waals surface area contributed by atoms with E-state index in [2.05, 4.69) is 174 Å². The van der Waals surface area contributed by atoms with E-state index in [1.165, 1.54) is 56.0 Å². The predicted octanol–water partition coefficient (Wildman–Crippen LogP) is 11.5. The van der Waals surface area contributed by atoms with Crippen molar-refractivity contribution in [3.05, 3.63) is 211 Å². The van der Waals surface area contributed by atoms with Crippen molar-refractivity contribution in [2.45, 2.75) is 18.9 Å². The van der Waals surface area contributed by atoms with Crippen molar-refractivity contribution < 1.29 is 0 Å². The Labute approximate surface area is 283 Å². The van der Waals surface area contributed by atoms with Crippen molar-refractivity contribution >= 4 is 33.9 Å². The second-order valence-corrected chi connectivity index (χ2v) is 12.2. The topological polar surface area (TPSA) is 6.48 Å². The number of anilines is 4. The second-order valence-electron chi connectivity index (χ2n) is 12.2. The molecule has 0 N–H and O–H groups in total. The van der Waals surface area contributed by atoms with Gasteiger partial charge in [-0.2, -0.15) is 0 Å². The van der Waals surface area contributed by atoms with Gasteiger partial charge < -0.3 is 9.80 Å². The average Bonchev–Trinajstić information content (AvgIpc) is 3.88. The van der Waals surface area contributed by atoms with E-state index in [4.69, 9.17) is 0 Å². The molecule has 2 aliphatic carbocycles. The highest BCUT2D eigenvalue weighted by Gasteiger charge is 2.35. The normalized spacial score (nSPS) is 18.5. The van der Waals surface area contributed by atoms with Crippen LogP contribution in [0.4, 0.5) is 22.7 Å². The van der Waals surface area contributed by atoms with Crippen LogP contribution in [-0.4, -0.2) is 6.04 Å². The Morgan fingerprint density at radius 3 is 2.46 bits per heavy atom. The molecule has 1 atom stereocenters. The molecular weight excluding hydrogens is 581 g/mol. The van der Waals surface area contributed by atoms with E-state index in [0.717, 1.165) is 24.1 Å². The van der Waals surface area contributed by atoms with Crippen LogP contribution in [0.3, 0.4) is 0 Å². The van der Waals surface area contributed by atoms with Gasteiger partial charge in [-0.25, -0.2) is 0 Å². The Balaban J connectivity index is 1.16. The molecule has 230 valence electrons. The van der Waals surface area contributed by atoms with Crippen molar-refractivity contribution in [1.29, 1.82) is 0 Å². The maximum absolute atomic E-state index is 3.76. The summed E-state index contributed by atoms with van der Waals surface area (Å²) in [6.45, 7) is 3.76. The Hall–Kier alpha value is -6.08. The van der Waals surface area contributed by atoms with Crippen molar-refractivity contribution in [3.8, 4) is 11.1 Å². The number of hydrogen-bond donors (Lipinski definition) is 0. The van der Waals surface area contributed by atoms with E-state index in [1.807, 2.05) is 18.2 Å². The third-order valence-corrected chi connectivity index (χ3v) is 9.36. The first-order chi connectivity index (χ1) is 23.8. The van der Waals surface area contributed by atoms with Crippen molar-refractivity contribution in [2.75, 3.05) is 9.80 Å². The summed E-state index contributed by atoms with van der Waals surface area (Å²) in [5, 5.41) is 0. The Morgan fingerprint density at radius 2 is 1.58 bits per heavy atom. The van der Waals surface area contributed by atoms with E-state index in [9.17, 15) is 0 Å². The van der Waals surface area contributed by atoms with E-state index >= 15 is 0 Å². The van der Waals surface area contributed by atoms with E-state index in [1.54, 1.807) is 6.08 Å². The SMILES string of the molecule is C=C/C=C\C=C/Cc1ccccc1N1c2ccc(-c3ccc4c(c3)C/C=C\C=C/N4c3ccccc3C3=C=CC=C3)cc2C2=CC=CC21. The molecule has 0 bridgehead atoms. The standard InChI is InChI=1S/C46H36N2/c1-2-3-4-5-7-19-35-20-11-13-24-43(35)48-45-26-16-23-40(45)41-33-37(28-30-46(41)48)36-27-29-42-38(32-36)21-8-6-15-31-47(42)44-25-14-12-22-39(44)34-17-9-10-18-34/h2-17,20,22-33,45H,1,19,21H2/b4-3-,7-5-,8-6-,31-15-. The van der Waals surface area contributed by atoms with Crippen molar-refractivity contribution in [2.24, 2.45) is 0 Å². The van der Waals surface area contributed by atoms with Gasteiger partial charge in [-0.15, -0.1) is 5.73 Å². The molecule has 0 radical (unpaired) electrons. The van der Waals surface area contributed by atoms with Crippen LogP contribution in [0, 0.1) is 0 Å². The Kier molecular flexibility index (Phi) is 7.92. The fourth-order valence-electron chi connectivity index (χ4n) is 7.13. The minimum Gasteiger partial charge on any atom is -0.330 e. The maximum Gasteiger partial charge on any atom is 0.0785 e. The molecule has 0 amide bonds. The van der Waals surface area contributed by atoms with Crippen LogP contribution in [0.25, 0.3) is 22.3 Å². The highest BCUT2D eigenvalue weighted by molar-refractivity contribution is 5.97. The Bertz CT molecular complexity index is 2210. The molecule has 2 heteroatoms. The lowest BCUT2D eigenvalue weighted by Gasteiger charge is -2.27. The van der Waals surface area contributed by atoms with Crippen LogP contribution in [0.5, 0.6) is 0 Å². The first kappa shape index (κ1) is 29.3. The van der Waals surface area contributed by atoms with Gasteiger partial charge in [-0.05, 0) is 95.3 Å². The third-order valence-electron chi connectivity index (χ3n) is 9.36. The molecule has 8 rings (SSSR count). The zero-order chi connectivity index (χ0) is 32.3. The van der Waals surface area contributed by atoms with Crippen LogP contribution < -0.4 is 9.80 Å². The maximum atomic E-state index is 3.76. The van der Waals surface area contributed by atoms with Crippen molar-refractivity contribution in [1.82, 2.24) is 0 Å². The number of benzene rings is 4. The number of fused-ring (bicyclic) bond motifs is 4. The van der Waals surface area contributed by atoms with E-state index < -0.39 is 0 Å². The first-order valence-corrected chi connectivity index (χ1v) is 16.6. The first-order valence-electron chi connectivity index (χ1n) is 16.6. The van der Waals surface area contributed by atoms with Gasteiger partial charge in [0.05, 0.1) is 11.7 Å². The lowest BCUT2D eigenvalue weighted by molar-refractivity contribution is 0.996. The van der Waals surface area contributed by atoms with Gasteiger partial charge >= 0.3 is 0 Å². The smallest absolute Gasteiger partial charge is 0.0785 e. The van der Waals surface area contributed by atoms with Crippen molar-refractivity contribution in [3.63, 3.8) is 0 Å². The molecule has 1 unspecified atom stereocenters. The fraction of sp³-hybridized carbons (Fsp3) is 0.0652.